The molecular formula is C27H30BrN7O3. The summed E-state index contributed by atoms with van der Waals surface area (Å²) in [6, 6.07) is 7.67. The van der Waals surface area contributed by atoms with Crippen LogP contribution < -0.4 is 15.6 Å². The molecule has 1 amide bonds. The van der Waals surface area contributed by atoms with Crippen molar-refractivity contribution in [3.63, 3.8) is 0 Å². The highest BCUT2D eigenvalue weighted by Gasteiger charge is 2.36. The summed E-state index contributed by atoms with van der Waals surface area (Å²) in [4.78, 5) is 34.0. The van der Waals surface area contributed by atoms with Crippen LogP contribution in [0.4, 0.5) is 5.95 Å². The van der Waals surface area contributed by atoms with E-state index in [0.29, 0.717) is 41.7 Å². The standard InChI is InChI=1S/C27H30BrN7O3/c1-27(2)8-7-18-15-34(27)9-10-38-25-20(13-29-33(25)4)19-11-16(14-32(3)24(19)37)23(36)31-26-30-21-6-5-17(28)12-22(21)35(18)26/h5-6,11-14,18H,7-10,15H2,1-4H3,(H,30,31,36). The molecule has 1 fully saturated rings. The Morgan fingerprint density at radius 3 is 2.79 bits per heavy atom. The first-order chi connectivity index (χ1) is 18.1. The lowest BCUT2D eigenvalue weighted by atomic mass is 9.88. The molecular weight excluding hydrogens is 550 g/mol. The van der Waals surface area contributed by atoms with Crippen LogP contribution >= 0.6 is 15.9 Å². The Hall–Kier alpha value is -3.44. The Morgan fingerprint density at radius 1 is 1.16 bits per heavy atom. The summed E-state index contributed by atoms with van der Waals surface area (Å²) >= 11 is 3.60. The highest BCUT2D eigenvalue weighted by Crippen LogP contribution is 2.37. The fourth-order valence-corrected chi connectivity index (χ4v) is 5.99. The average Bonchev–Trinajstić information content (AvgIpc) is 3.40. The monoisotopic (exact) mass is 579 g/mol. The van der Waals surface area contributed by atoms with Gasteiger partial charge in [0.05, 0.1) is 33.9 Å². The molecule has 10 nitrogen and oxygen atoms in total. The number of carbonyl (C=O) groups is 1. The lowest BCUT2D eigenvalue weighted by Gasteiger charge is -2.46. The third-order valence-corrected chi connectivity index (χ3v) is 8.33. The van der Waals surface area contributed by atoms with E-state index in [9.17, 15) is 9.59 Å². The number of halogens is 1. The van der Waals surface area contributed by atoms with Crippen molar-refractivity contribution in [2.24, 2.45) is 14.1 Å². The number of hydrogen-bond acceptors (Lipinski definition) is 6. The number of piperidine rings is 1. The van der Waals surface area contributed by atoms with Gasteiger partial charge in [-0.15, -0.1) is 0 Å². The molecule has 3 aromatic heterocycles. The molecule has 4 aromatic rings. The van der Waals surface area contributed by atoms with Crippen molar-refractivity contribution in [3.05, 3.63) is 57.0 Å². The molecule has 0 spiro atoms. The largest absolute Gasteiger partial charge is 0.476 e. The number of aromatic nitrogens is 5. The zero-order chi connectivity index (χ0) is 26.8. The second-order valence-corrected chi connectivity index (χ2v) is 11.7. The zero-order valence-corrected chi connectivity index (χ0v) is 23.4. The number of ether oxygens (including phenoxy) is 1. The summed E-state index contributed by atoms with van der Waals surface area (Å²) in [5.74, 6) is 0.660. The predicted octanol–water partition coefficient (Wildman–Crippen LogP) is 3.96. The van der Waals surface area contributed by atoms with Gasteiger partial charge in [0.25, 0.3) is 11.5 Å². The predicted molar refractivity (Wildman–Crippen MR) is 149 cm³/mol. The van der Waals surface area contributed by atoms with Crippen LogP contribution in [0.2, 0.25) is 0 Å². The molecule has 198 valence electrons. The van der Waals surface area contributed by atoms with E-state index in [2.05, 4.69) is 49.7 Å². The number of imidazole rings is 1. The quantitative estimate of drug-likeness (QED) is 0.338. The molecule has 2 aliphatic heterocycles. The fraction of sp³-hybridized carbons (Fsp3) is 0.407. The topological polar surface area (TPSA) is 99.2 Å². The molecule has 2 atom stereocenters. The number of benzene rings is 1. The van der Waals surface area contributed by atoms with E-state index in [4.69, 9.17) is 9.72 Å². The van der Waals surface area contributed by atoms with Gasteiger partial charge in [-0.05, 0) is 51.0 Å². The number of rotatable bonds is 0. The number of fused-ring (bicyclic) bond motifs is 10. The van der Waals surface area contributed by atoms with Gasteiger partial charge in [-0.3, -0.25) is 19.8 Å². The van der Waals surface area contributed by atoms with Crippen molar-refractivity contribution in [1.29, 1.82) is 0 Å². The van der Waals surface area contributed by atoms with Crippen LogP contribution in [0.1, 0.15) is 43.1 Å². The van der Waals surface area contributed by atoms with Crippen molar-refractivity contribution >= 4 is 38.8 Å². The molecule has 1 aromatic carbocycles. The molecule has 6 rings (SSSR count). The van der Waals surface area contributed by atoms with E-state index in [0.717, 1.165) is 34.9 Å². The smallest absolute Gasteiger partial charge is 0.259 e. The molecule has 1 N–H and O–H groups in total. The third-order valence-electron chi connectivity index (χ3n) is 7.84. The maximum Gasteiger partial charge on any atom is 0.259 e. The van der Waals surface area contributed by atoms with E-state index >= 15 is 0 Å². The second kappa shape index (κ2) is 9.09. The number of nitrogens with zero attached hydrogens (tertiary/aromatic N) is 6. The van der Waals surface area contributed by atoms with Gasteiger partial charge in [-0.1, -0.05) is 15.9 Å². The maximum atomic E-state index is 13.6. The van der Waals surface area contributed by atoms with E-state index in [1.165, 1.54) is 4.57 Å². The first kappa shape index (κ1) is 24.9. The van der Waals surface area contributed by atoms with E-state index in [1.54, 1.807) is 37.2 Å². The Kier molecular flexibility index (Phi) is 5.95. The summed E-state index contributed by atoms with van der Waals surface area (Å²) in [5, 5.41) is 7.41. The summed E-state index contributed by atoms with van der Waals surface area (Å²) in [7, 11) is 3.43. The van der Waals surface area contributed by atoms with Crippen molar-refractivity contribution in [3.8, 4) is 17.0 Å². The molecule has 11 heteroatoms. The van der Waals surface area contributed by atoms with E-state index < -0.39 is 0 Å². The van der Waals surface area contributed by atoms with Crippen LogP contribution in [-0.4, -0.2) is 59.9 Å². The SMILES string of the molecule is Cn1ncc2c1OCCN1CC(CCC1(C)C)n1c(nc3ccc(Br)cc31)NC(=O)c1cc-2c(=O)n(C)c1. The normalized spacial score (nSPS) is 21.0. The van der Waals surface area contributed by atoms with Gasteiger partial charge in [0, 0.05) is 49.4 Å². The van der Waals surface area contributed by atoms with E-state index in [-0.39, 0.29) is 23.0 Å². The molecule has 1 saturated heterocycles. The maximum absolute atomic E-state index is 13.6. The molecule has 0 saturated carbocycles. The first-order valence-corrected chi connectivity index (χ1v) is 13.5. The summed E-state index contributed by atoms with van der Waals surface area (Å²) in [5.41, 5.74) is 2.77. The highest BCUT2D eigenvalue weighted by atomic mass is 79.9. The number of aryl methyl sites for hydroxylation is 2. The minimum atomic E-state index is -0.341. The highest BCUT2D eigenvalue weighted by molar-refractivity contribution is 9.10. The second-order valence-electron chi connectivity index (χ2n) is 10.7. The number of nitrogens with one attached hydrogen (secondary N) is 1. The molecule has 0 aliphatic carbocycles. The number of anilines is 1. The molecule has 4 bridgehead atoms. The van der Waals surface area contributed by atoms with Crippen LogP contribution in [0, 0.1) is 0 Å². The summed E-state index contributed by atoms with van der Waals surface area (Å²) < 4.78 is 12.4. The summed E-state index contributed by atoms with van der Waals surface area (Å²) in [6.07, 6.45) is 5.08. The Bertz CT molecular complexity index is 1630. The van der Waals surface area contributed by atoms with Crippen molar-refractivity contribution in [1.82, 2.24) is 28.8 Å². The minimum Gasteiger partial charge on any atom is -0.476 e. The van der Waals surface area contributed by atoms with Gasteiger partial charge in [0.2, 0.25) is 11.8 Å². The lowest BCUT2D eigenvalue weighted by molar-refractivity contribution is 0.0376. The molecule has 38 heavy (non-hydrogen) atoms. The van der Waals surface area contributed by atoms with Crippen LogP contribution in [0.15, 0.2) is 45.9 Å². The lowest BCUT2D eigenvalue weighted by Crippen LogP contribution is -2.52. The van der Waals surface area contributed by atoms with Crippen LogP contribution in [0.3, 0.4) is 0 Å². The van der Waals surface area contributed by atoms with Gasteiger partial charge in [0.1, 0.15) is 6.61 Å². The van der Waals surface area contributed by atoms with Gasteiger partial charge in [-0.2, -0.15) is 5.10 Å². The molecule has 2 unspecified atom stereocenters. The molecule has 2 aliphatic rings. The molecule has 5 heterocycles. The van der Waals surface area contributed by atoms with Crippen molar-refractivity contribution in [2.45, 2.75) is 38.3 Å². The minimum absolute atomic E-state index is 0.0218. The molecule has 0 radical (unpaired) electrons. The third kappa shape index (κ3) is 4.14. The number of pyridine rings is 1. The van der Waals surface area contributed by atoms with Crippen LogP contribution in [0.5, 0.6) is 5.88 Å². The fourth-order valence-electron chi connectivity index (χ4n) is 5.64. The van der Waals surface area contributed by atoms with Gasteiger partial charge in [-0.25, -0.2) is 9.67 Å². The Morgan fingerprint density at radius 2 is 1.97 bits per heavy atom. The van der Waals surface area contributed by atoms with Crippen molar-refractivity contribution in [2.75, 3.05) is 25.0 Å². The van der Waals surface area contributed by atoms with Gasteiger partial charge < -0.3 is 13.9 Å². The van der Waals surface area contributed by atoms with Crippen molar-refractivity contribution < 1.29 is 9.53 Å². The Balaban J connectivity index is 1.54. The summed E-state index contributed by atoms with van der Waals surface area (Å²) in [6.45, 7) is 6.43. The zero-order valence-electron chi connectivity index (χ0n) is 21.9. The number of hydrogen-bond donors (Lipinski definition) is 1. The van der Waals surface area contributed by atoms with E-state index in [1.807, 2.05) is 18.2 Å². The van der Waals surface area contributed by atoms with Crippen LogP contribution in [0.25, 0.3) is 22.2 Å². The van der Waals surface area contributed by atoms with Gasteiger partial charge in [0.15, 0.2) is 0 Å². The first-order valence-electron chi connectivity index (χ1n) is 12.7. The average molecular weight is 580 g/mol. The van der Waals surface area contributed by atoms with Crippen LogP contribution in [-0.2, 0) is 14.1 Å². The Labute approximate surface area is 228 Å². The number of amides is 1. The number of carbonyl (C=O) groups excluding carboxylic acids is 1. The van der Waals surface area contributed by atoms with Gasteiger partial charge >= 0.3 is 0 Å².